The summed E-state index contributed by atoms with van der Waals surface area (Å²) < 4.78 is 1.18. The van der Waals surface area contributed by atoms with Gasteiger partial charge in [0.25, 0.3) is 0 Å². The third-order valence-corrected chi connectivity index (χ3v) is 1.41. The summed E-state index contributed by atoms with van der Waals surface area (Å²) in [6.07, 6.45) is 3.50. The number of unbranched alkanes of at least 4 members (excludes halogenated alkanes) is 2. The van der Waals surface area contributed by atoms with Crippen LogP contribution in [0.3, 0.4) is 0 Å². The molecule has 0 amide bonds. The predicted molar refractivity (Wildman–Crippen MR) is 28.0 cm³/mol. The van der Waals surface area contributed by atoms with Crippen molar-refractivity contribution in [3.05, 3.63) is 0 Å². The van der Waals surface area contributed by atoms with E-state index < -0.39 is 0 Å². The van der Waals surface area contributed by atoms with E-state index in [2.05, 4.69) is 6.92 Å². The maximum absolute atomic E-state index is 8.59. The molecule has 0 aromatic carbocycles. The quantitative estimate of drug-likeness (QED) is 0.481. The Labute approximate surface area is 63.1 Å². The molecule has 0 aromatic heterocycles. The molecule has 54 valence electrons. The molecular weight excluding hydrogens is 287 g/mol. The molecule has 0 saturated heterocycles. The summed E-state index contributed by atoms with van der Waals surface area (Å²) in [5.41, 5.74) is 0. The SMILES string of the molecule is CCCCC[N](O)[Au]. The molecule has 0 spiro atoms. The van der Waals surface area contributed by atoms with Crippen LogP contribution in [0.4, 0.5) is 0 Å². The molecule has 0 aromatic rings. The first kappa shape index (κ1) is 8.66. The van der Waals surface area contributed by atoms with Crippen LogP contribution in [0.25, 0.3) is 0 Å². The first-order valence-corrected chi connectivity index (χ1v) is 3.83. The Morgan fingerprint density at radius 3 is 2.50 bits per heavy atom. The summed E-state index contributed by atoms with van der Waals surface area (Å²) in [6.45, 7) is 2.92. The van der Waals surface area contributed by atoms with E-state index in [0.29, 0.717) is 0 Å². The van der Waals surface area contributed by atoms with E-state index >= 15 is 0 Å². The predicted octanol–water partition coefficient (Wildman–Crippen LogP) is 1.33. The molecule has 0 bridgehead atoms. The fourth-order valence-electron chi connectivity index (χ4n) is 0.480. The van der Waals surface area contributed by atoms with Crippen molar-refractivity contribution in [2.75, 3.05) is 6.54 Å². The van der Waals surface area contributed by atoms with Crippen molar-refractivity contribution < 1.29 is 26.5 Å². The summed E-state index contributed by atoms with van der Waals surface area (Å²) in [5.74, 6) is 0. The maximum atomic E-state index is 8.59. The molecule has 8 heavy (non-hydrogen) atoms. The molecule has 0 unspecified atom stereocenters. The molecular formula is C5H12AuNO. The number of rotatable bonds is 4. The molecule has 0 aliphatic heterocycles. The van der Waals surface area contributed by atoms with Crippen LogP contribution in [-0.4, -0.2) is 15.2 Å². The van der Waals surface area contributed by atoms with Crippen molar-refractivity contribution in [2.45, 2.75) is 26.2 Å². The van der Waals surface area contributed by atoms with Gasteiger partial charge in [0.15, 0.2) is 0 Å². The average Bonchev–Trinajstić information content (AvgIpc) is 1.66. The van der Waals surface area contributed by atoms with Crippen LogP contribution >= 0.6 is 0 Å². The van der Waals surface area contributed by atoms with Crippen molar-refractivity contribution in [2.24, 2.45) is 0 Å². The van der Waals surface area contributed by atoms with E-state index in [9.17, 15) is 0 Å². The average molecular weight is 299 g/mol. The Bertz CT molecular complexity index is 49.7. The molecule has 2 nitrogen and oxygen atoms in total. The molecule has 0 atom stereocenters. The number of hydroxylamine groups is 1. The summed E-state index contributed by atoms with van der Waals surface area (Å²) in [6, 6.07) is 0. The molecule has 0 rings (SSSR count). The zero-order valence-electron chi connectivity index (χ0n) is 5.02. The van der Waals surface area contributed by atoms with Gasteiger partial charge in [-0.1, -0.05) is 0 Å². The Kier molecular flexibility index (Phi) is 6.27. The van der Waals surface area contributed by atoms with Crippen molar-refractivity contribution >= 4 is 0 Å². The second-order valence-corrected chi connectivity index (χ2v) is 2.85. The molecule has 0 aliphatic carbocycles. The zero-order chi connectivity index (χ0) is 6.41. The van der Waals surface area contributed by atoms with Gasteiger partial charge in [0, 0.05) is 0 Å². The molecule has 0 aliphatic rings. The van der Waals surface area contributed by atoms with Gasteiger partial charge in [-0.15, -0.1) is 0 Å². The van der Waals surface area contributed by atoms with Crippen LogP contribution in [0.2, 0.25) is 0 Å². The van der Waals surface area contributed by atoms with E-state index in [-0.39, 0.29) is 0 Å². The normalized spacial score (nSPS) is 10.6. The fraction of sp³-hybridized carbons (Fsp3) is 1.00. The zero-order valence-corrected chi connectivity index (χ0v) is 7.19. The second-order valence-electron chi connectivity index (χ2n) is 1.73. The third kappa shape index (κ3) is 6.66. The third-order valence-electron chi connectivity index (χ3n) is 0.929. The molecule has 3 heteroatoms. The van der Waals surface area contributed by atoms with Crippen molar-refractivity contribution in [3.8, 4) is 0 Å². The number of nitrogens with zero attached hydrogens (tertiary/aromatic N) is 1. The monoisotopic (exact) mass is 299 g/mol. The van der Waals surface area contributed by atoms with Crippen LogP contribution in [0.1, 0.15) is 26.2 Å². The van der Waals surface area contributed by atoms with Gasteiger partial charge in [-0.2, -0.15) is 0 Å². The minimum absolute atomic E-state index is 0.775. The first-order valence-electron chi connectivity index (χ1n) is 2.86. The van der Waals surface area contributed by atoms with Crippen LogP contribution in [0.15, 0.2) is 0 Å². The van der Waals surface area contributed by atoms with Crippen LogP contribution in [-0.2, 0) is 21.3 Å². The van der Waals surface area contributed by atoms with Gasteiger partial charge in [-0.3, -0.25) is 0 Å². The summed E-state index contributed by atoms with van der Waals surface area (Å²) in [5, 5.41) is 8.59. The molecule has 0 heterocycles. The molecule has 0 saturated carbocycles. The van der Waals surface area contributed by atoms with Gasteiger partial charge in [0.1, 0.15) is 0 Å². The van der Waals surface area contributed by atoms with Crippen molar-refractivity contribution in [1.82, 2.24) is 3.47 Å². The van der Waals surface area contributed by atoms with E-state index in [1.165, 1.54) is 16.3 Å². The Morgan fingerprint density at radius 2 is 2.12 bits per heavy atom. The van der Waals surface area contributed by atoms with E-state index in [4.69, 9.17) is 5.21 Å². The van der Waals surface area contributed by atoms with Gasteiger partial charge in [-0.05, 0) is 0 Å². The summed E-state index contributed by atoms with van der Waals surface area (Å²) >= 11 is 2.04. The number of hydrogen-bond acceptors (Lipinski definition) is 2. The summed E-state index contributed by atoms with van der Waals surface area (Å²) in [7, 11) is 0. The van der Waals surface area contributed by atoms with Gasteiger partial charge < -0.3 is 0 Å². The van der Waals surface area contributed by atoms with Gasteiger partial charge in [0.2, 0.25) is 0 Å². The number of hydrogen-bond donors (Lipinski definition) is 1. The van der Waals surface area contributed by atoms with E-state index in [1.807, 2.05) is 21.3 Å². The molecule has 1 N–H and O–H groups in total. The van der Waals surface area contributed by atoms with Gasteiger partial charge in [0.05, 0.1) is 0 Å². The Balaban J connectivity index is 2.72. The molecule has 0 fully saturated rings. The molecule has 0 radical (unpaired) electrons. The summed E-state index contributed by atoms with van der Waals surface area (Å²) in [4.78, 5) is 0. The Morgan fingerprint density at radius 1 is 1.50 bits per heavy atom. The van der Waals surface area contributed by atoms with Gasteiger partial charge in [-0.25, -0.2) is 0 Å². The minimum atomic E-state index is 0.775. The van der Waals surface area contributed by atoms with E-state index in [0.717, 1.165) is 13.0 Å². The van der Waals surface area contributed by atoms with Crippen molar-refractivity contribution in [3.63, 3.8) is 0 Å². The van der Waals surface area contributed by atoms with Crippen LogP contribution < -0.4 is 0 Å². The fourth-order valence-corrected chi connectivity index (χ4v) is 0.823. The topological polar surface area (TPSA) is 23.5 Å². The van der Waals surface area contributed by atoms with Crippen molar-refractivity contribution in [1.29, 1.82) is 0 Å². The van der Waals surface area contributed by atoms with E-state index in [1.54, 1.807) is 0 Å². The first-order chi connectivity index (χ1) is 3.77. The standard InChI is InChI=1S/C5H12NO.Au/c1-2-3-4-5-6-7;/h7H,2-5H2,1H3;/q-1;+1. The van der Waals surface area contributed by atoms with Gasteiger partial charge >= 0.3 is 62.7 Å². The van der Waals surface area contributed by atoms with Crippen LogP contribution in [0, 0.1) is 0 Å². The second kappa shape index (κ2) is 5.79. The van der Waals surface area contributed by atoms with Crippen LogP contribution in [0.5, 0.6) is 0 Å². The Hall–Kier alpha value is 0.660.